The van der Waals surface area contributed by atoms with Gasteiger partial charge >= 0.3 is 5.97 Å². The number of ether oxygens (including phenoxy) is 3. The quantitative estimate of drug-likeness (QED) is 0.486. The summed E-state index contributed by atoms with van der Waals surface area (Å²) in [5.74, 6) is 1.86. The summed E-state index contributed by atoms with van der Waals surface area (Å²) in [7, 11) is 3.14. The number of likely N-dealkylation sites (tertiary alicyclic amines) is 1. The molecule has 0 saturated carbocycles. The molecule has 2 rings (SSSR count). The van der Waals surface area contributed by atoms with Crippen molar-refractivity contribution < 1.29 is 23.8 Å². The van der Waals surface area contributed by atoms with Crippen molar-refractivity contribution in [2.75, 3.05) is 40.5 Å². The van der Waals surface area contributed by atoms with Gasteiger partial charge in [0.2, 0.25) is 0 Å². The normalized spacial score (nSPS) is 20.1. The number of esters is 1. The number of piperidine rings is 1. The van der Waals surface area contributed by atoms with Crippen LogP contribution in [0.5, 0.6) is 11.5 Å². The van der Waals surface area contributed by atoms with E-state index in [9.17, 15) is 9.59 Å². The maximum Gasteiger partial charge on any atom is 0.306 e. The number of carbonyl (C=O) groups is 2. The Kier molecular flexibility index (Phi) is 8.10. The van der Waals surface area contributed by atoms with Crippen LogP contribution in [0, 0.1) is 11.8 Å². The predicted molar refractivity (Wildman–Crippen MR) is 103 cm³/mol. The minimum absolute atomic E-state index is 0.0645. The minimum atomic E-state index is -0.115. The van der Waals surface area contributed by atoms with Gasteiger partial charge in [0.05, 0.1) is 27.4 Å². The van der Waals surface area contributed by atoms with Crippen LogP contribution in [0.2, 0.25) is 0 Å². The van der Waals surface area contributed by atoms with Crippen molar-refractivity contribution in [3.8, 4) is 11.5 Å². The van der Waals surface area contributed by atoms with Crippen molar-refractivity contribution in [3.63, 3.8) is 0 Å². The summed E-state index contributed by atoms with van der Waals surface area (Å²) in [4.78, 5) is 26.7. The highest BCUT2D eigenvalue weighted by atomic mass is 16.5. The van der Waals surface area contributed by atoms with Gasteiger partial charge in [-0.3, -0.25) is 14.5 Å². The lowest BCUT2D eigenvalue weighted by Gasteiger charge is -2.37. The lowest BCUT2D eigenvalue weighted by atomic mass is 9.81. The molecule has 1 fully saturated rings. The van der Waals surface area contributed by atoms with Crippen molar-refractivity contribution in [2.45, 2.75) is 33.1 Å². The van der Waals surface area contributed by atoms with Gasteiger partial charge in [0.1, 0.15) is 0 Å². The largest absolute Gasteiger partial charge is 0.493 e. The molecule has 1 aliphatic rings. The highest BCUT2D eigenvalue weighted by molar-refractivity contribution is 5.98. The second-order valence-electron chi connectivity index (χ2n) is 6.95. The molecule has 0 unspecified atom stereocenters. The molecule has 0 amide bonds. The molecule has 0 bridgehead atoms. The lowest BCUT2D eigenvalue weighted by Crippen LogP contribution is -2.43. The molecule has 1 saturated heterocycles. The van der Waals surface area contributed by atoms with E-state index in [0.717, 1.165) is 25.9 Å². The van der Waals surface area contributed by atoms with Crippen LogP contribution >= 0.6 is 0 Å². The highest BCUT2D eigenvalue weighted by Gasteiger charge is 2.31. The summed E-state index contributed by atoms with van der Waals surface area (Å²) in [5.41, 5.74) is 0.620. The van der Waals surface area contributed by atoms with Crippen molar-refractivity contribution >= 4 is 11.8 Å². The van der Waals surface area contributed by atoms with Crippen LogP contribution in [-0.4, -0.2) is 57.1 Å². The Morgan fingerprint density at radius 1 is 1.11 bits per heavy atom. The molecule has 27 heavy (non-hydrogen) atoms. The highest BCUT2D eigenvalue weighted by Crippen LogP contribution is 2.30. The molecule has 1 aromatic rings. The molecular weight excluding hydrogens is 346 g/mol. The molecule has 0 radical (unpaired) electrons. The molecule has 6 nitrogen and oxygen atoms in total. The Labute approximate surface area is 161 Å². The van der Waals surface area contributed by atoms with Crippen molar-refractivity contribution in [2.24, 2.45) is 11.8 Å². The maximum absolute atomic E-state index is 12.7. The number of carbonyl (C=O) groups excluding carboxylic acids is 2. The fourth-order valence-electron chi connectivity index (χ4n) is 3.77. The van der Waals surface area contributed by atoms with E-state index in [4.69, 9.17) is 14.2 Å². The third-order valence-electron chi connectivity index (χ3n) is 5.31. The van der Waals surface area contributed by atoms with Crippen LogP contribution in [-0.2, 0) is 9.53 Å². The fraction of sp³-hybridized carbons (Fsp3) is 0.619. The summed E-state index contributed by atoms with van der Waals surface area (Å²) in [5, 5.41) is 0. The van der Waals surface area contributed by atoms with Crippen LogP contribution in [0.3, 0.4) is 0 Å². The molecular formula is C21H31NO5. The number of Topliss-reactive ketones (excluding diaryl/α,β-unsaturated/α-hetero) is 1. The van der Waals surface area contributed by atoms with E-state index in [2.05, 4.69) is 11.8 Å². The Hall–Kier alpha value is -2.08. The van der Waals surface area contributed by atoms with Crippen molar-refractivity contribution in [1.82, 2.24) is 4.90 Å². The smallest absolute Gasteiger partial charge is 0.306 e. The van der Waals surface area contributed by atoms with Gasteiger partial charge in [0.15, 0.2) is 17.3 Å². The fourth-order valence-corrected chi connectivity index (χ4v) is 3.77. The molecule has 1 aliphatic heterocycles. The van der Waals surface area contributed by atoms with E-state index >= 15 is 0 Å². The van der Waals surface area contributed by atoms with E-state index in [0.29, 0.717) is 48.5 Å². The maximum atomic E-state index is 12.7. The minimum Gasteiger partial charge on any atom is -0.493 e. The first kappa shape index (κ1) is 21.2. The molecule has 0 aliphatic carbocycles. The van der Waals surface area contributed by atoms with E-state index in [1.165, 1.54) is 0 Å². The number of nitrogens with zero attached hydrogens (tertiary/aromatic N) is 1. The van der Waals surface area contributed by atoms with Crippen LogP contribution in [0.25, 0.3) is 0 Å². The summed E-state index contributed by atoms with van der Waals surface area (Å²) in [6.07, 6.45) is 2.38. The lowest BCUT2D eigenvalue weighted by molar-refractivity contribution is -0.145. The second kappa shape index (κ2) is 10.3. The first-order valence-electron chi connectivity index (χ1n) is 9.65. The predicted octanol–water partition coefficient (Wildman–Crippen LogP) is 3.19. The van der Waals surface area contributed by atoms with Crippen LogP contribution in [0.15, 0.2) is 18.2 Å². The van der Waals surface area contributed by atoms with E-state index in [-0.39, 0.29) is 11.8 Å². The average Bonchev–Trinajstić information content (AvgIpc) is 2.68. The number of benzene rings is 1. The number of rotatable bonds is 9. The molecule has 6 heteroatoms. The van der Waals surface area contributed by atoms with Gasteiger partial charge in [0, 0.05) is 18.5 Å². The Bertz CT molecular complexity index is 645. The monoisotopic (exact) mass is 377 g/mol. The average molecular weight is 377 g/mol. The van der Waals surface area contributed by atoms with Crippen molar-refractivity contribution in [1.29, 1.82) is 0 Å². The third kappa shape index (κ3) is 5.70. The van der Waals surface area contributed by atoms with Crippen molar-refractivity contribution in [3.05, 3.63) is 23.8 Å². The van der Waals surface area contributed by atoms with E-state index in [1.807, 2.05) is 6.92 Å². The zero-order valence-electron chi connectivity index (χ0n) is 16.8. The molecule has 2 atom stereocenters. The number of ketones is 1. The van der Waals surface area contributed by atoms with Gasteiger partial charge in [-0.2, -0.15) is 0 Å². The van der Waals surface area contributed by atoms with Gasteiger partial charge in [-0.05, 0) is 49.9 Å². The van der Waals surface area contributed by atoms with Crippen LogP contribution in [0.1, 0.15) is 43.5 Å². The summed E-state index contributed by atoms with van der Waals surface area (Å²) in [6.45, 7) is 6.42. The zero-order chi connectivity index (χ0) is 19.8. The van der Waals surface area contributed by atoms with Gasteiger partial charge in [0.25, 0.3) is 0 Å². The number of methoxy groups -OCH3 is 2. The third-order valence-corrected chi connectivity index (χ3v) is 5.31. The summed E-state index contributed by atoms with van der Waals surface area (Å²) < 4.78 is 15.6. The molecule has 0 N–H and O–H groups in total. The number of hydrogen-bond acceptors (Lipinski definition) is 6. The summed E-state index contributed by atoms with van der Waals surface area (Å²) in [6, 6.07) is 5.26. The molecule has 1 heterocycles. The Balaban J connectivity index is 1.96. The van der Waals surface area contributed by atoms with Gasteiger partial charge < -0.3 is 14.2 Å². The van der Waals surface area contributed by atoms with E-state index < -0.39 is 0 Å². The van der Waals surface area contributed by atoms with E-state index in [1.54, 1.807) is 32.4 Å². The topological polar surface area (TPSA) is 65.1 Å². The standard InChI is InChI=1S/C21H31NO5/c1-5-15-13-22(10-9-16(15)12-21(24)27-6-2)14-18(23)17-7-8-19(25-3)20(11-17)26-4/h7-8,11,15-16H,5-6,9-10,12-14H2,1-4H3/t15-,16+/m0/s1. The van der Waals surface area contributed by atoms with Crippen LogP contribution < -0.4 is 9.47 Å². The molecule has 0 aromatic heterocycles. The van der Waals surface area contributed by atoms with Gasteiger partial charge in [-0.25, -0.2) is 0 Å². The molecule has 0 spiro atoms. The number of hydrogen-bond donors (Lipinski definition) is 0. The first-order chi connectivity index (χ1) is 13.0. The molecule has 150 valence electrons. The zero-order valence-corrected chi connectivity index (χ0v) is 16.8. The Morgan fingerprint density at radius 3 is 2.48 bits per heavy atom. The van der Waals surface area contributed by atoms with Gasteiger partial charge in [-0.1, -0.05) is 13.3 Å². The van der Waals surface area contributed by atoms with Gasteiger partial charge in [-0.15, -0.1) is 0 Å². The first-order valence-corrected chi connectivity index (χ1v) is 9.65. The van der Waals surface area contributed by atoms with Crippen LogP contribution in [0.4, 0.5) is 0 Å². The SMILES string of the molecule is CCOC(=O)C[C@H]1CCN(CC(=O)c2ccc(OC)c(OC)c2)C[C@@H]1CC. The molecule has 1 aromatic carbocycles. The summed E-state index contributed by atoms with van der Waals surface area (Å²) >= 11 is 0. The Morgan fingerprint density at radius 2 is 1.85 bits per heavy atom. The second-order valence-corrected chi connectivity index (χ2v) is 6.95.